The highest BCUT2D eigenvalue weighted by Crippen LogP contribution is 2.22. The van der Waals surface area contributed by atoms with Crippen LogP contribution in [0.5, 0.6) is 5.75 Å². The molecule has 1 aromatic carbocycles. The lowest BCUT2D eigenvalue weighted by atomic mass is 9.99. The summed E-state index contributed by atoms with van der Waals surface area (Å²) in [6, 6.07) is 5.01. The Morgan fingerprint density at radius 3 is 2.38 bits per heavy atom. The first kappa shape index (κ1) is 9.78. The van der Waals surface area contributed by atoms with Crippen molar-refractivity contribution in [2.24, 2.45) is 0 Å². The van der Waals surface area contributed by atoms with Crippen LogP contribution in [0.1, 0.15) is 42.6 Å². The van der Waals surface area contributed by atoms with Crippen molar-refractivity contribution in [3.05, 3.63) is 29.3 Å². The van der Waals surface area contributed by atoms with Gasteiger partial charge in [0.25, 0.3) is 0 Å². The van der Waals surface area contributed by atoms with Crippen molar-refractivity contribution in [3.8, 4) is 5.75 Å². The summed E-state index contributed by atoms with van der Waals surface area (Å²) in [6.45, 7) is 5.55. The summed E-state index contributed by atoms with van der Waals surface area (Å²) in [5.74, 6) is 0.472. The predicted octanol–water partition coefficient (Wildman–Crippen LogP) is 2.72. The van der Waals surface area contributed by atoms with Crippen LogP contribution in [-0.4, -0.2) is 10.9 Å². The maximum atomic E-state index is 11.1. The van der Waals surface area contributed by atoms with E-state index in [9.17, 15) is 9.90 Å². The highest BCUT2D eigenvalue weighted by molar-refractivity contribution is 5.94. The Labute approximate surface area is 78.2 Å². The van der Waals surface area contributed by atoms with Crippen molar-refractivity contribution in [2.45, 2.75) is 26.7 Å². The molecule has 70 valence electrons. The molecule has 13 heavy (non-hydrogen) atoms. The Morgan fingerprint density at radius 1 is 1.31 bits per heavy atom. The first-order valence-electron chi connectivity index (χ1n) is 4.35. The number of phenolic OH excluding ortho intramolecular Hbond substituents is 1. The van der Waals surface area contributed by atoms with Crippen molar-refractivity contribution < 1.29 is 9.90 Å². The van der Waals surface area contributed by atoms with Crippen LogP contribution < -0.4 is 0 Å². The second kappa shape index (κ2) is 3.60. The van der Waals surface area contributed by atoms with Crippen LogP contribution in [0.15, 0.2) is 18.2 Å². The zero-order valence-electron chi connectivity index (χ0n) is 8.16. The summed E-state index contributed by atoms with van der Waals surface area (Å²) in [6.07, 6.45) is 0. The molecule has 0 radical (unpaired) electrons. The molecular weight excluding hydrogens is 164 g/mol. The standard InChI is InChI=1S/C11H14O2/c1-7(2)9-4-10(8(3)12)6-11(13)5-9/h4-7,13H,1-3H3. The van der Waals surface area contributed by atoms with Gasteiger partial charge in [-0.05, 0) is 36.6 Å². The van der Waals surface area contributed by atoms with E-state index < -0.39 is 0 Å². The molecule has 0 fully saturated rings. The lowest BCUT2D eigenvalue weighted by Crippen LogP contribution is -1.95. The molecule has 0 aromatic heterocycles. The quantitative estimate of drug-likeness (QED) is 0.707. The van der Waals surface area contributed by atoms with Crippen LogP contribution >= 0.6 is 0 Å². The van der Waals surface area contributed by atoms with Gasteiger partial charge in [0.2, 0.25) is 0 Å². The zero-order chi connectivity index (χ0) is 10.0. The predicted molar refractivity (Wildman–Crippen MR) is 52.2 cm³/mol. The first-order valence-corrected chi connectivity index (χ1v) is 4.35. The van der Waals surface area contributed by atoms with Crippen LogP contribution in [0.25, 0.3) is 0 Å². The van der Waals surface area contributed by atoms with E-state index in [1.807, 2.05) is 19.9 Å². The molecule has 2 nitrogen and oxygen atoms in total. The van der Waals surface area contributed by atoms with Gasteiger partial charge < -0.3 is 5.11 Å². The third-order valence-corrected chi connectivity index (χ3v) is 2.01. The van der Waals surface area contributed by atoms with Gasteiger partial charge in [-0.2, -0.15) is 0 Å². The van der Waals surface area contributed by atoms with Crippen molar-refractivity contribution in [3.63, 3.8) is 0 Å². The number of aromatic hydroxyl groups is 1. The fraction of sp³-hybridized carbons (Fsp3) is 0.364. The number of rotatable bonds is 2. The maximum absolute atomic E-state index is 11.1. The average molecular weight is 178 g/mol. The van der Waals surface area contributed by atoms with Gasteiger partial charge in [-0.1, -0.05) is 13.8 Å². The molecule has 0 saturated carbocycles. The Kier molecular flexibility index (Phi) is 2.71. The number of ketones is 1. The minimum absolute atomic E-state index is 0.0159. The molecule has 0 aliphatic rings. The molecule has 0 heterocycles. The van der Waals surface area contributed by atoms with Gasteiger partial charge >= 0.3 is 0 Å². The Bertz CT molecular complexity index is 327. The third-order valence-electron chi connectivity index (χ3n) is 2.01. The zero-order valence-corrected chi connectivity index (χ0v) is 8.16. The molecule has 0 amide bonds. The molecule has 0 bridgehead atoms. The summed E-state index contributed by atoms with van der Waals surface area (Å²) >= 11 is 0. The molecule has 2 heteroatoms. The van der Waals surface area contributed by atoms with Crippen molar-refractivity contribution in [1.29, 1.82) is 0 Å². The molecule has 1 aromatic rings. The highest BCUT2D eigenvalue weighted by Gasteiger charge is 2.06. The summed E-state index contributed by atoms with van der Waals surface area (Å²) < 4.78 is 0. The van der Waals surface area contributed by atoms with E-state index >= 15 is 0 Å². The van der Waals surface area contributed by atoms with Gasteiger partial charge in [-0.25, -0.2) is 0 Å². The molecule has 0 spiro atoms. The summed E-state index contributed by atoms with van der Waals surface area (Å²) in [5, 5.41) is 9.34. The maximum Gasteiger partial charge on any atom is 0.159 e. The van der Waals surface area contributed by atoms with Crippen molar-refractivity contribution in [2.75, 3.05) is 0 Å². The van der Waals surface area contributed by atoms with Gasteiger partial charge in [0.15, 0.2) is 5.78 Å². The lowest BCUT2D eigenvalue weighted by Gasteiger charge is -2.07. The third kappa shape index (κ3) is 2.31. The summed E-state index contributed by atoms with van der Waals surface area (Å²) in [5.41, 5.74) is 1.56. The molecule has 1 N–H and O–H groups in total. The summed E-state index contributed by atoms with van der Waals surface area (Å²) in [4.78, 5) is 11.1. The SMILES string of the molecule is CC(=O)c1cc(O)cc(C(C)C)c1. The van der Waals surface area contributed by atoms with Crippen LogP contribution in [-0.2, 0) is 0 Å². The van der Waals surface area contributed by atoms with Crippen LogP contribution in [0.2, 0.25) is 0 Å². The van der Waals surface area contributed by atoms with Crippen LogP contribution in [0, 0.1) is 0 Å². The van der Waals surface area contributed by atoms with E-state index in [1.54, 1.807) is 6.07 Å². The van der Waals surface area contributed by atoms with E-state index in [0.29, 0.717) is 11.5 Å². The topological polar surface area (TPSA) is 37.3 Å². The van der Waals surface area contributed by atoms with Gasteiger partial charge in [-0.3, -0.25) is 4.79 Å². The van der Waals surface area contributed by atoms with Gasteiger partial charge in [0.05, 0.1) is 0 Å². The molecule has 0 saturated heterocycles. The number of carbonyl (C=O) groups is 1. The largest absolute Gasteiger partial charge is 0.508 e. The van der Waals surface area contributed by atoms with Gasteiger partial charge in [0.1, 0.15) is 5.75 Å². The van der Waals surface area contributed by atoms with Crippen LogP contribution in [0.3, 0.4) is 0 Å². The van der Waals surface area contributed by atoms with Crippen LogP contribution in [0.4, 0.5) is 0 Å². The monoisotopic (exact) mass is 178 g/mol. The van der Waals surface area contributed by atoms with Crippen molar-refractivity contribution in [1.82, 2.24) is 0 Å². The number of hydrogen-bond acceptors (Lipinski definition) is 2. The Morgan fingerprint density at radius 2 is 1.92 bits per heavy atom. The number of benzene rings is 1. The minimum Gasteiger partial charge on any atom is -0.508 e. The first-order chi connectivity index (χ1) is 6.00. The average Bonchev–Trinajstić information content (AvgIpc) is 2.03. The van der Waals surface area contributed by atoms with E-state index in [4.69, 9.17) is 0 Å². The lowest BCUT2D eigenvalue weighted by molar-refractivity contribution is 0.101. The van der Waals surface area contributed by atoms with Crippen molar-refractivity contribution >= 4 is 5.78 Å². The van der Waals surface area contributed by atoms with E-state index in [-0.39, 0.29) is 11.5 Å². The van der Waals surface area contributed by atoms with E-state index in [0.717, 1.165) is 5.56 Å². The van der Waals surface area contributed by atoms with Gasteiger partial charge in [-0.15, -0.1) is 0 Å². The summed E-state index contributed by atoms with van der Waals surface area (Å²) in [7, 11) is 0. The van der Waals surface area contributed by atoms with E-state index in [2.05, 4.69) is 0 Å². The Hall–Kier alpha value is -1.31. The Balaban J connectivity index is 3.19. The number of phenols is 1. The smallest absolute Gasteiger partial charge is 0.159 e. The van der Waals surface area contributed by atoms with Gasteiger partial charge in [0, 0.05) is 5.56 Å². The normalized spacial score (nSPS) is 10.5. The number of carbonyl (C=O) groups excluding carboxylic acids is 1. The molecule has 0 atom stereocenters. The molecule has 0 unspecified atom stereocenters. The second-order valence-electron chi connectivity index (χ2n) is 3.52. The second-order valence-corrected chi connectivity index (χ2v) is 3.52. The number of hydrogen-bond donors (Lipinski definition) is 1. The molecule has 0 aliphatic heterocycles. The fourth-order valence-electron chi connectivity index (χ4n) is 1.17. The molecule has 0 aliphatic carbocycles. The number of Topliss-reactive ketones (excluding diaryl/α,β-unsaturated/α-hetero) is 1. The fourth-order valence-corrected chi connectivity index (χ4v) is 1.17. The molecular formula is C11H14O2. The minimum atomic E-state index is -0.0159. The molecule has 1 rings (SSSR count). The van der Waals surface area contributed by atoms with E-state index in [1.165, 1.54) is 13.0 Å². The highest BCUT2D eigenvalue weighted by atomic mass is 16.3.